The summed E-state index contributed by atoms with van der Waals surface area (Å²) in [6, 6.07) is 4.88. The van der Waals surface area contributed by atoms with Gasteiger partial charge in [-0.25, -0.2) is 4.79 Å². The zero-order valence-corrected chi connectivity index (χ0v) is 12.1. The summed E-state index contributed by atoms with van der Waals surface area (Å²) in [6.45, 7) is 6.45. The van der Waals surface area contributed by atoms with Crippen LogP contribution in [0.3, 0.4) is 0 Å². The topological polar surface area (TPSA) is 55.8 Å². The molecule has 4 nitrogen and oxygen atoms in total. The van der Waals surface area contributed by atoms with Crippen molar-refractivity contribution < 1.29 is 19.4 Å². The van der Waals surface area contributed by atoms with E-state index in [4.69, 9.17) is 9.47 Å². The van der Waals surface area contributed by atoms with Gasteiger partial charge in [-0.1, -0.05) is 11.6 Å². The number of hydrogen-bond acceptors (Lipinski definition) is 4. The molecule has 0 amide bonds. The summed E-state index contributed by atoms with van der Waals surface area (Å²) in [5.74, 6) is 0.0660. The maximum absolute atomic E-state index is 11.5. The molecule has 108 valence electrons. The SMILES string of the molecule is CCOc1cc(C=CC(=O)OCC=C(C)C)ccc1O. The highest BCUT2D eigenvalue weighted by molar-refractivity contribution is 5.87. The number of benzene rings is 1. The summed E-state index contributed by atoms with van der Waals surface area (Å²) in [5, 5.41) is 9.56. The van der Waals surface area contributed by atoms with Crippen LogP contribution < -0.4 is 4.74 Å². The van der Waals surface area contributed by atoms with Crippen LogP contribution in [0.2, 0.25) is 0 Å². The molecule has 0 fully saturated rings. The largest absolute Gasteiger partial charge is 0.504 e. The molecule has 0 atom stereocenters. The van der Waals surface area contributed by atoms with Crippen molar-refractivity contribution in [3.05, 3.63) is 41.5 Å². The normalized spacial score (nSPS) is 10.3. The molecule has 0 aliphatic carbocycles. The van der Waals surface area contributed by atoms with Gasteiger partial charge in [-0.3, -0.25) is 0 Å². The lowest BCUT2D eigenvalue weighted by atomic mass is 10.2. The number of carbonyl (C=O) groups excluding carboxylic acids is 1. The van der Waals surface area contributed by atoms with Crippen molar-refractivity contribution in [1.29, 1.82) is 0 Å². The van der Waals surface area contributed by atoms with E-state index in [1.54, 1.807) is 18.2 Å². The zero-order valence-electron chi connectivity index (χ0n) is 12.1. The number of hydrogen-bond donors (Lipinski definition) is 1. The van der Waals surface area contributed by atoms with Gasteiger partial charge in [0, 0.05) is 6.08 Å². The lowest BCUT2D eigenvalue weighted by Crippen LogP contribution is -2.00. The highest BCUT2D eigenvalue weighted by atomic mass is 16.5. The van der Waals surface area contributed by atoms with Crippen LogP contribution in [0.25, 0.3) is 6.08 Å². The summed E-state index contributed by atoms with van der Waals surface area (Å²) < 4.78 is 10.3. The van der Waals surface area contributed by atoms with Crippen molar-refractivity contribution in [3.63, 3.8) is 0 Å². The first kappa shape index (κ1) is 15.8. The third-order valence-electron chi connectivity index (χ3n) is 2.41. The molecular weight excluding hydrogens is 256 g/mol. The van der Waals surface area contributed by atoms with Gasteiger partial charge >= 0.3 is 5.97 Å². The molecule has 1 aromatic rings. The predicted molar refractivity (Wildman–Crippen MR) is 78.7 cm³/mol. The lowest BCUT2D eigenvalue weighted by molar-refractivity contribution is -0.136. The van der Waals surface area contributed by atoms with Crippen molar-refractivity contribution in [1.82, 2.24) is 0 Å². The first-order valence-electron chi connectivity index (χ1n) is 6.47. The Labute approximate surface area is 119 Å². The smallest absolute Gasteiger partial charge is 0.331 e. The second-order valence-electron chi connectivity index (χ2n) is 4.41. The van der Waals surface area contributed by atoms with E-state index in [-0.39, 0.29) is 12.4 Å². The van der Waals surface area contributed by atoms with E-state index in [9.17, 15) is 9.90 Å². The molecule has 4 heteroatoms. The second-order valence-corrected chi connectivity index (χ2v) is 4.41. The van der Waals surface area contributed by atoms with E-state index < -0.39 is 5.97 Å². The molecule has 1 aromatic carbocycles. The molecule has 1 N–H and O–H groups in total. The van der Waals surface area contributed by atoms with Crippen molar-refractivity contribution in [2.24, 2.45) is 0 Å². The van der Waals surface area contributed by atoms with Gasteiger partial charge in [-0.2, -0.15) is 0 Å². The van der Waals surface area contributed by atoms with Gasteiger partial charge in [0.05, 0.1) is 6.61 Å². The first-order valence-corrected chi connectivity index (χ1v) is 6.47. The van der Waals surface area contributed by atoms with Gasteiger partial charge in [-0.15, -0.1) is 0 Å². The fourth-order valence-electron chi connectivity index (χ4n) is 1.41. The van der Waals surface area contributed by atoms with Crippen LogP contribution in [0.5, 0.6) is 11.5 Å². The number of carbonyl (C=O) groups is 1. The quantitative estimate of drug-likeness (QED) is 0.492. The van der Waals surface area contributed by atoms with Crippen LogP contribution in [-0.4, -0.2) is 24.3 Å². The van der Waals surface area contributed by atoms with Gasteiger partial charge in [-0.05, 0) is 50.6 Å². The van der Waals surface area contributed by atoms with Crippen LogP contribution >= 0.6 is 0 Å². The van der Waals surface area contributed by atoms with E-state index in [2.05, 4.69) is 0 Å². The Bertz CT molecular complexity index is 511. The number of phenols is 1. The molecule has 0 aliphatic rings. The van der Waals surface area contributed by atoms with Gasteiger partial charge in [0.25, 0.3) is 0 Å². The molecule has 0 spiro atoms. The molecule has 0 bridgehead atoms. The van der Waals surface area contributed by atoms with E-state index in [0.29, 0.717) is 12.4 Å². The first-order chi connectivity index (χ1) is 9.52. The Hall–Kier alpha value is -2.23. The summed E-state index contributed by atoms with van der Waals surface area (Å²) in [7, 11) is 0. The average Bonchev–Trinajstić information content (AvgIpc) is 2.39. The van der Waals surface area contributed by atoms with Gasteiger partial charge < -0.3 is 14.6 Å². The van der Waals surface area contributed by atoms with Crippen LogP contribution in [0.15, 0.2) is 35.9 Å². The van der Waals surface area contributed by atoms with Crippen molar-refractivity contribution >= 4 is 12.0 Å². The number of esters is 1. The molecular formula is C16H20O4. The van der Waals surface area contributed by atoms with Crippen LogP contribution in [0.4, 0.5) is 0 Å². The minimum Gasteiger partial charge on any atom is -0.504 e. The summed E-state index contributed by atoms with van der Waals surface area (Å²) in [6.07, 6.45) is 4.80. The number of phenolic OH excluding ortho intramolecular Hbond substituents is 1. The Morgan fingerprint density at radius 2 is 2.10 bits per heavy atom. The van der Waals surface area contributed by atoms with E-state index in [1.807, 2.05) is 26.8 Å². The van der Waals surface area contributed by atoms with Crippen molar-refractivity contribution in [2.45, 2.75) is 20.8 Å². The standard InChI is InChI=1S/C16H20O4/c1-4-19-15-11-13(5-7-14(15)17)6-8-16(18)20-10-9-12(2)3/h5-9,11,17H,4,10H2,1-3H3. The van der Waals surface area contributed by atoms with Gasteiger partial charge in [0.2, 0.25) is 0 Å². The fourth-order valence-corrected chi connectivity index (χ4v) is 1.41. The Morgan fingerprint density at radius 3 is 2.75 bits per heavy atom. The Morgan fingerprint density at radius 1 is 1.35 bits per heavy atom. The number of ether oxygens (including phenoxy) is 2. The molecule has 0 radical (unpaired) electrons. The minimum atomic E-state index is -0.409. The Kier molecular flexibility index (Phi) is 6.37. The maximum atomic E-state index is 11.5. The van der Waals surface area contributed by atoms with Crippen molar-refractivity contribution in [2.75, 3.05) is 13.2 Å². The van der Waals surface area contributed by atoms with Gasteiger partial charge in [0.15, 0.2) is 11.5 Å². The summed E-state index contributed by atoms with van der Waals surface area (Å²) in [4.78, 5) is 11.5. The van der Waals surface area contributed by atoms with E-state index >= 15 is 0 Å². The number of rotatable bonds is 6. The minimum absolute atomic E-state index is 0.0788. The molecule has 1 rings (SSSR count). The Balaban J connectivity index is 2.63. The third-order valence-corrected chi connectivity index (χ3v) is 2.41. The average molecular weight is 276 g/mol. The second kappa shape index (κ2) is 8.04. The highest BCUT2D eigenvalue weighted by Crippen LogP contribution is 2.27. The van der Waals surface area contributed by atoms with Crippen LogP contribution in [0, 0.1) is 0 Å². The predicted octanol–water partition coefficient (Wildman–Crippen LogP) is 3.31. The molecule has 0 aliphatic heterocycles. The lowest BCUT2D eigenvalue weighted by Gasteiger charge is -2.06. The van der Waals surface area contributed by atoms with E-state index in [1.165, 1.54) is 12.1 Å². The molecule has 0 unspecified atom stereocenters. The van der Waals surface area contributed by atoms with Gasteiger partial charge in [0.1, 0.15) is 6.61 Å². The summed E-state index contributed by atoms with van der Waals surface area (Å²) >= 11 is 0. The zero-order chi connectivity index (χ0) is 15.0. The maximum Gasteiger partial charge on any atom is 0.331 e. The molecule has 0 saturated carbocycles. The fraction of sp³-hybridized carbons (Fsp3) is 0.312. The molecule has 20 heavy (non-hydrogen) atoms. The number of allylic oxidation sites excluding steroid dienone is 1. The third kappa shape index (κ3) is 5.61. The van der Waals surface area contributed by atoms with Crippen molar-refractivity contribution in [3.8, 4) is 11.5 Å². The van der Waals surface area contributed by atoms with Crippen LogP contribution in [-0.2, 0) is 9.53 Å². The number of aromatic hydroxyl groups is 1. The van der Waals surface area contributed by atoms with E-state index in [0.717, 1.165) is 11.1 Å². The monoisotopic (exact) mass is 276 g/mol. The molecule has 0 aromatic heterocycles. The summed E-state index contributed by atoms with van der Waals surface area (Å²) in [5.41, 5.74) is 1.85. The highest BCUT2D eigenvalue weighted by Gasteiger charge is 2.02. The molecule has 0 heterocycles. The molecule has 0 saturated heterocycles. The van der Waals surface area contributed by atoms with Crippen LogP contribution in [0.1, 0.15) is 26.3 Å².